The first-order valence-corrected chi connectivity index (χ1v) is 8.48. The van der Waals surface area contributed by atoms with E-state index in [9.17, 15) is 0 Å². The molecule has 0 radical (unpaired) electrons. The van der Waals surface area contributed by atoms with Crippen molar-refractivity contribution in [3.8, 4) is 0 Å². The number of rotatable bonds is 3. The Bertz CT molecular complexity index is 1040. The van der Waals surface area contributed by atoms with Crippen LogP contribution in [0, 0.1) is 0 Å². The van der Waals surface area contributed by atoms with Crippen LogP contribution in [-0.2, 0) is 6.42 Å². The summed E-state index contributed by atoms with van der Waals surface area (Å²) in [4.78, 5) is 9.14. The third-order valence-electron chi connectivity index (χ3n) is 4.76. The monoisotopic (exact) mass is 327 g/mol. The summed E-state index contributed by atoms with van der Waals surface area (Å²) in [7, 11) is 0. The van der Waals surface area contributed by atoms with Crippen LogP contribution in [0.4, 0.5) is 11.6 Å². The Kier molecular flexibility index (Phi) is 3.23. The summed E-state index contributed by atoms with van der Waals surface area (Å²) >= 11 is 0. The summed E-state index contributed by atoms with van der Waals surface area (Å²) in [6, 6.07) is 18.8. The van der Waals surface area contributed by atoms with Gasteiger partial charge < -0.3 is 5.32 Å². The maximum Gasteiger partial charge on any atom is 0.229 e. The molecule has 0 spiro atoms. The highest BCUT2D eigenvalue weighted by atomic mass is 15.3. The van der Waals surface area contributed by atoms with Gasteiger partial charge in [0.15, 0.2) is 5.65 Å². The summed E-state index contributed by atoms with van der Waals surface area (Å²) < 4.78 is 2.04. The van der Waals surface area contributed by atoms with E-state index in [4.69, 9.17) is 4.98 Å². The number of para-hydroxylation sites is 1. The molecule has 0 fully saturated rings. The minimum Gasteiger partial charge on any atom is -0.324 e. The molecule has 2 aromatic heterocycles. The van der Waals surface area contributed by atoms with E-state index < -0.39 is 0 Å². The van der Waals surface area contributed by atoms with E-state index in [-0.39, 0.29) is 6.04 Å². The van der Waals surface area contributed by atoms with Crippen LogP contribution in [0.25, 0.3) is 11.0 Å². The van der Waals surface area contributed by atoms with Crippen LogP contribution < -0.4 is 5.32 Å². The minimum atomic E-state index is 0.244. The van der Waals surface area contributed by atoms with Gasteiger partial charge in [-0.2, -0.15) is 10.1 Å². The molecule has 25 heavy (non-hydrogen) atoms. The first-order chi connectivity index (χ1) is 12.4. The fourth-order valence-corrected chi connectivity index (χ4v) is 3.56. The van der Waals surface area contributed by atoms with Gasteiger partial charge in [-0.25, -0.2) is 9.67 Å². The molecular weight excluding hydrogens is 310 g/mol. The van der Waals surface area contributed by atoms with Gasteiger partial charge in [-0.3, -0.25) is 0 Å². The highest BCUT2D eigenvalue weighted by Crippen LogP contribution is 2.35. The molecule has 1 N–H and O–H groups in total. The van der Waals surface area contributed by atoms with E-state index >= 15 is 0 Å². The van der Waals surface area contributed by atoms with Gasteiger partial charge in [0.05, 0.1) is 17.6 Å². The quantitative estimate of drug-likeness (QED) is 0.615. The number of benzene rings is 2. The predicted molar refractivity (Wildman–Crippen MR) is 97.9 cm³/mol. The predicted octanol–water partition coefficient (Wildman–Crippen LogP) is 4.11. The molecule has 0 saturated carbocycles. The molecule has 2 aromatic carbocycles. The van der Waals surface area contributed by atoms with Crippen LogP contribution in [0.2, 0.25) is 0 Å². The zero-order valence-corrected chi connectivity index (χ0v) is 13.6. The standard InChI is InChI=1S/C20H17N5/c1-2-7-16(8-3-1)23-20-21-12-15-13-22-25(19(15)24-20)18-11-10-14-6-4-5-9-17(14)18/h1-9,12-13,18H,10-11H2,(H,21,23,24)/t18-/m1/s1. The minimum absolute atomic E-state index is 0.244. The summed E-state index contributed by atoms with van der Waals surface area (Å²) in [5.41, 5.74) is 4.60. The van der Waals surface area contributed by atoms with Gasteiger partial charge >= 0.3 is 0 Å². The van der Waals surface area contributed by atoms with E-state index in [1.54, 1.807) is 0 Å². The fourth-order valence-electron chi connectivity index (χ4n) is 3.56. The zero-order chi connectivity index (χ0) is 16.6. The second kappa shape index (κ2) is 5.70. The molecule has 0 unspecified atom stereocenters. The van der Waals surface area contributed by atoms with E-state index in [1.807, 2.05) is 47.4 Å². The highest BCUT2D eigenvalue weighted by molar-refractivity contribution is 5.75. The molecule has 5 heteroatoms. The van der Waals surface area contributed by atoms with Gasteiger partial charge in [0, 0.05) is 11.9 Å². The largest absolute Gasteiger partial charge is 0.324 e. The number of fused-ring (bicyclic) bond motifs is 2. The number of nitrogens with one attached hydrogen (secondary N) is 1. The van der Waals surface area contributed by atoms with E-state index in [2.05, 4.69) is 39.7 Å². The molecule has 0 aliphatic heterocycles. The number of nitrogens with zero attached hydrogens (tertiary/aromatic N) is 4. The lowest BCUT2D eigenvalue weighted by Gasteiger charge is -2.13. The number of hydrogen-bond donors (Lipinski definition) is 1. The Balaban J connectivity index is 1.55. The molecule has 122 valence electrons. The zero-order valence-electron chi connectivity index (χ0n) is 13.6. The number of anilines is 2. The van der Waals surface area contributed by atoms with E-state index in [0.29, 0.717) is 5.95 Å². The van der Waals surface area contributed by atoms with Crippen LogP contribution in [0.15, 0.2) is 67.0 Å². The van der Waals surface area contributed by atoms with Crippen LogP contribution in [0.1, 0.15) is 23.6 Å². The lowest BCUT2D eigenvalue weighted by atomic mass is 10.1. The Morgan fingerprint density at radius 1 is 0.960 bits per heavy atom. The van der Waals surface area contributed by atoms with Gasteiger partial charge in [0.25, 0.3) is 0 Å². The van der Waals surface area contributed by atoms with Crippen molar-refractivity contribution >= 4 is 22.7 Å². The lowest BCUT2D eigenvalue weighted by molar-refractivity contribution is 0.533. The third kappa shape index (κ3) is 2.45. The molecule has 1 atom stereocenters. The molecular formula is C20H17N5. The molecule has 2 heterocycles. The van der Waals surface area contributed by atoms with Crippen molar-refractivity contribution in [2.24, 2.45) is 0 Å². The van der Waals surface area contributed by atoms with Crippen LogP contribution >= 0.6 is 0 Å². The molecule has 1 aliphatic carbocycles. The lowest BCUT2D eigenvalue weighted by Crippen LogP contribution is -2.10. The number of hydrogen-bond acceptors (Lipinski definition) is 4. The average molecular weight is 327 g/mol. The summed E-state index contributed by atoms with van der Waals surface area (Å²) in [5.74, 6) is 0.590. The van der Waals surface area contributed by atoms with Crippen molar-refractivity contribution in [2.45, 2.75) is 18.9 Å². The van der Waals surface area contributed by atoms with Gasteiger partial charge in [-0.15, -0.1) is 0 Å². The average Bonchev–Trinajstić information content (AvgIpc) is 3.26. The Labute approximate surface area is 145 Å². The normalized spacial score (nSPS) is 16.1. The van der Waals surface area contributed by atoms with Crippen molar-refractivity contribution in [2.75, 3.05) is 5.32 Å². The van der Waals surface area contributed by atoms with E-state index in [1.165, 1.54) is 11.1 Å². The summed E-state index contributed by atoms with van der Waals surface area (Å²) in [6.45, 7) is 0. The van der Waals surface area contributed by atoms with Crippen LogP contribution in [-0.4, -0.2) is 19.7 Å². The maximum atomic E-state index is 4.73. The molecule has 5 rings (SSSR count). The van der Waals surface area contributed by atoms with Gasteiger partial charge in [0.2, 0.25) is 5.95 Å². The Hall–Kier alpha value is -3.21. The van der Waals surface area contributed by atoms with Crippen molar-refractivity contribution in [1.29, 1.82) is 0 Å². The molecule has 4 aromatic rings. The highest BCUT2D eigenvalue weighted by Gasteiger charge is 2.25. The summed E-state index contributed by atoms with van der Waals surface area (Å²) in [5, 5.41) is 8.83. The fraction of sp³-hybridized carbons (Fsp3) is 0.150. The second-order valence-electron chi connectivity index (χ2n) is 6.31. The number of aromatic nitrogens is 4. The molecule has 0 saturated heterocycles. The van der Waals surface area contributed by atoms with Crippen molar-refractivity contribution in [1.82, 2.24) is 19.7 Å². The van der Waals surface area contributed by atoms with E-state index in [0.717, 1.165) is 29.6 Å². The topological polar surface area (TPSA) is 55.6 Å². The first kappa shape index (κ1) is 14.2. The van der Waals surface area contributed by atoms with Crippen LogP contribution in [0.3, 0.4) is 0 Å². The van der Waals surface area contributed by atoms with Crippen molar-refractivity contribution < 1.29 is 0 Å². The molecule has 1 aliphatic rings. The molecule has 0 bridgehead atoms. The Morgan fingerprint density at radius 2 is 1.80 bits per heavy atom. The van der Waals surface area contributed by atoms with Crippen molar-refractivity contribution in [3.05, 3.63) is 78.1 Å². The molecule has 5 nitrogen and oxygen atoms in total. The summed E-state index contributed by atoms with van der Waals surface area (Å²) in [6.07, 6.45) is 5.82. The SMILES string of the molecule is c1ccc(Nc2ncc3cnn([C@@H]4CCc5ccccc54)c3n2)cc1. The molecule has 0 amide bonds. The first-order valence-electron chi connectivity index (χ1n) is 8.48. The van der Waals surface area contributed by atoms with Crippen molar-refractivity contribution in [3.63, 3.8) is 0 Å². The van der Waals surface area contributed by atoms with Gasteiger partial charge in [-0.05, 0) is 36.1 Å². The van der Waals surface area contributed by atoms with Gasteiger partial charge in [-0.1, -0.05) is 42.5 Å². The maximum absolute atomic E-state index is 4.73. The van der Waals surface area contributed by atoms with Crippen LogP contribution in [0.5, 0.6) is 0 Å². The number of aryl methyl sites for hydroxylation is 1. The smallest absolute Gasteiger partial charge is 0.229 e. The second-order valence-corrected chi connectivity index (χ2v) is 6.31. The van der Waals surface area contributed by atoms with Gasteiger partial charge in [0.1, 0.15) is 0 Å². The Morgan fingerprint density at radius 3 is 2.72 bits per heavy atom. The third-order valence-corrected chi connectivity index (χ3v) is 4.76.